The Balaban J connectivity index is 1.59. The molecule has 0 bridgehead atoms. The second kappa shape index (κ2) is 8.63. The highest BCUT2D eigenvalue weighted by Gasteiger charge is 2.19. The number of benzene rings is 2. The Kier molecular flexibility index (Phi) is 5.78. The number of aromatic nitrogens is 2. The minimum absolute atomic E-state index is 0.181. The van der Waals surface area contributed by atoms with Crippen molar-refractivity contribution in [3.63, 3.8) is 0 Å². The second-order valence-electron chi connectivity index (χ2n) is 6.60. The lowest BCUT2D eigenvalue weighted by Gasteiger charge is -2.22. The summed E-state index contributed by atoms with van der Waals surface area (Å²) in [7, 11) is 1.66. The molecule has 0 fully saturated rings. The molecule has 0 atom stereocenters. The molecule has 0 radical (unpaired) electrons. The molecule has 1 aliphatic rings. The third-order valence-corrected chi connectivity index (χ3v) is 5.71. The summed E-state index contributed by atoms with van der Waals surface area (Å²) in [6.45, 7) is 1.72. The van der Waals surface area contributed by atoms with Crippen molar-refractivity contribution >= 4 is 11.8 Å². The Morgan fingerprint density at radius 1 is 1.11 bits per heavy atom. The fourth-order valence-electron chi connectivity index (χ4n) is 3.32. The van der Waals surface area contributed by atoms with Gasteiger partial charge in [0.2, 0.25) is 0 Å². The molecule has 0 saturated carbocycles. The van der Waals surface area contributed by atoms with Crippen LogP contribution >= 0.6 is 11.8 Å². The Bertz CT molecular complexity index is 1020. The van der Waals surface area contributed by atoms with Gasteiger partial charge in [0, 0.05) is 25.0 Å². The van der Waals surface area contributed by atoms with Crippen molar-refractivity contribution < 1.29 is 9.47 Å². The average molecular weight is 394 g/mol. The molecular formula is C22H22N2O3S. The summed E-state index contributed by atoms with van der Waals surface area (Å²) in [6.07, 6.45) is 0.794. The van der Waals surface area contributed by atoms with Crippen LogP contribution in [0.4, 0.5) is 0 Å². The summed E-state index contributed by atoms with van der Waals surface area (Å²) in [6, 6.07) is 18.3. The molecule has 0 unspecified atom stereocenters. The van der Waals surface area contributed by atoms with E-state index in [0.29, 0.717) is 19.8 Å². The van der Waals surface area contributed by atoms with E-state index in [0.717, 1.165) is 34.2 Å². The van der Waals surface area contributed by atoms with E-state index in [1.807, 2.05) is 36.4 Å². The molecule has 1 aliphatic heterocycles. The lowest BCUT2D eigenvalue weighted by atomic mass is 9.97. The van der Waals surface area contributed by atoms with Crippen molar-refractivity contribution in [2.45, 2.75) is 23.7 Å². The van der Waals surface area contributed by atoms with Crippen molar-refractivity contribution in [3.05, 3.63) is 76.2 Å². The molecule has 6 heteroatoms. The number of thioether (sulfide) groups is 1. The number of hydrogen-bond acceptors (Lipinski definition) is 5. The van der Waals surface area contributed by atoms with E-state index in [2.05, 4.69) is 23.2 Å². The van der Waals surface area contributed by atoms with Crippen LogP contribution in [0.15, 0.2) is 64.4 Å². The van der Waals surface area contributed by atoms with E-state index < -0.39 is 0 Å². The van der Waals surface area contributed by atoms with E-state index in [1.165, 1.54) is 11.1 Å². The largest absolute Gasteiger partial charge is 0.491 e. The van der Waals surface area contributed by atoms with Gasteiger partial charge in [0.25, 0.3) is 0 Å². The average Bonchev–Trinajstić information content (AvgIpc) is 2.73. The van der Waals surface area contributed by atoms with Crippen molar-refractivity contribution in [1.29, 1.82) is 0 Å². The van der Waals surface area contributed by atoms with Crippen LogP contribution in [0.3, 0.4) is 0 Å². The number of hydrogen-bond donors (Lipinski definition) is 0. The molecule has 0 spiro atoms. The highest BCUT2D eigenvalue weighted by atomic mass is 32.2. The smallest absolute Gasteiger partial charge is 0.349 e. The van der Waals surface area contributed by atoms with Gasteiger partial charge in [-0.2, -0.15) is 4.98 Å². The Labute approximate surface area is 168 Å². The zero-order valence-electron chi connectivity index (χ0n) is 15.8. The zero-order chi connectivity index (χ0) is 19.3. The molecule has 5 nitrogen and oxygen atoms in total. The quantitative estimate of drug-likeness (QED) is 0.347. The molecule has 0 saturated heterocycles. The summed E-state index contributed by atoms with van der Waals surface area (Å²) >= 11 is 1.59. The van der Waals surface area contributed by atoms with Gasteiger partial charge in [0.05, 0.1) is 12.3 Å². The van der Waals surface area contributed by atoms with Gasteiger partial charge < -0.3 is 9.47 Å². The highest BCUT2D eigenvalue weighted by Crippen LogP contribution is 2.33. The maximum Gasteiger partial charge on any atom is 0.349 e. The van der Waals surface area contributed by atoms with Gasteiger partial charge >= 0.3 is 5.69 Å². The van der Waals surface area contributed by atoms with Gasteiger partial charge in [-0.15, -0.1) is 11.8 Å². The van der Waals surface area contributed by atoms with Crippen LogP contribution in [0.5, 0.6) is 5.75 Å². The van der Waals surface area contributed by atoms with Gasteiger partial charge in [0.15, 0.2) is 0 Å². The number of fused-ring (bicyclic) bond motifs is 3. The monoisotopic (exact) mass is 394 g/mol. The fourth-order valence-corrected chi connectivity index (χ4v) is 4.17. The Hall–Kier alpha value is -2.57. The number of aryl methyl sites for hydroxylation is 1. The minimum atomic E-state index is -0.181. The van der Waals surface area contributed by atoms with Crippen LogP contribution in [0, 0.1) is 0 Å². The van der Waals surface area contributed by atoms with Gasteiger partial charge in [0.1, 0.15) is 17.4 Å². The van der Waals surface area contributed by atoms with E-state index >= 15 is 0 Å². The van der Waals surface area contributed by atoms with Crippen LogP contribution in [-0.4, -0.2) is 29.9 Å². The molecule has 0 aliphatic carbocycles. The number of nitrogens with zero attached hydrogens (tertiary/aromatic N) is 2. The maximum absolute atomic E-state index is 12.5. The Morgan fingerprint density at radius 2 is 1.96 bits per heavy atom. The minimum Gasteiger partial charge on any atom is -0.491 e. The SMILES string of the molecule is COCCOc1ccc2c(c1)CCn1c-2cc(SCc2ccccc2)nc1=O. The Morgan fingerprint density at radius 3 is 2.79 bits per heavy atom. The number of methoxy groups -OCH3 is 1. The molecule has 28 heavy (non-hydrogen) atoms. The maximum atomic E-state index is 12.5. The first kappa shape index (κ1) is 18.8. The topological polar surface area (TPSA) is 53.4 Å². The van der Waals surface area contributed by atoms with Gasteiger partial charge in [-0.3, -0.25) is 4.57 Å². The van der Waals surface area contributed by atoms with Crippen molar-refractivity contribution in [3.8, 4) is 17.0 Å². The molecule has 3 aromatic rings. The third kappa shape index (κ3) is 4.13. The summed E-state index contributed by atoms with van der Waals surface area (Å²) in [4.78, 5) is 16.8. The fraction of sp³-hybridized carbons (Fsp3) is 0.273. The summed E-state index contributed by atoms with van der Waals surface area (Å²) < 4.78 is 12.5. The highest BCUT2D eigenvalue weighted by molar-refractivity contribution is 7.98. The van der Waals surface area contributed by atoms with Crippen LogP contribution in [0.1, 0.15) is 11.1 Å². The predicted octanol–water partition coefficient (Wildman–Crippen LogP) is 3.78. The molecule has 2 aromatic carbocycles. The van der Waals surface area contributed by atoms with Crippen molar-refractivity contribution in [1.82, 2.24) is 9.55 Å². The van der Waals surface area contributed by atoms with Gasteiger partial charge in [-0.05, 0) is 41.8 Å². The van der Waals surface area contributed by atoms with Crippen LogP contribution in [0.25, 0.3) is 11.3 Å². The number of rotatable bonds is 7. The van der Waals surface area contributed by atoms with E-state index in [1.54, 1.807) is 23.4 Å². The van der Waals surface area contributed by atoms with Crippen LogP contribution in [-0.2, 0) is 23.5 Å². The van der Waals surface area contributed by atoms with E-state index in [4.69, 9.17) is 9.47 Å². The first-order valence-electron chi connectivity index (χ1n) is 9.28. The summed E-state index contributed by atoms with van der Waals surface area (Å²) in [5.41, 5.74) is 4.23. The first-order valence-corrected chi connectivity index (χ1v) is 10.3. The van der Waals surface area contributed by atoms with Crippen LogP contribution in [0.2, 0.25) is 0 Å². The second-order valence-corrected chi connectivity index (χ2v) is 7.59. The van der Waals surface area contributed by atoms with E-state index in [9.17, 15) is 4.79 Å². The standard InChI is InChI=1S/C22H22N2O3S/c1-26-11-12-27-18-7-8-19-17(13-18)9-10-24-20(19)14-21(23-22(24)25)28-15-16-5-3-2-4-6-16/h2-8,13-14H,9-12,15H2,1H3. The molecule has 0 N–H and O–H groups in total. The molecule has 2 heterocycles. The predicted molar refractivity (Wildman–Crippen MR) is 111 cm³/mol. The number of ether oxygens (including phenoxy) is 2. The van der Waals surface area contributed by atoms with E-state index in [-0.39, 0.29) is 5.69 Å². The normalized spacial score (nSPS) is 12.3. The van der Waals surface area contributed by atoms with Crippen molar-refractivity contribution in [2.24, 2.45) is 0 Å². The lowest BCUT2D eigenvalue weighted by Crippen LogP contribution is -2.28. The van der Waals surface area contributed by atoms with Gasteiger partial charge in [-0.25, -0.2) is 4.79 Å². The molecular weight excluding hydrogens is 372 g/mol. The summed E-state index contributed by atoms with van der Waals surface area (Å²) in [5.74, 6) is 1.62. The molecule has 0 amide bonds. The lowest BCUT2D eigenvalue weighted by molar-refractivity contribution is 0.146. The summed E-state index contributed by atoms with van der Waals surface area (Å²) in [5, 5.41) is 0.758. The molecule has 1 aromatic heterocycles. The first-order chi connectivity index (χ1) is 13.7. The third-order valence-electron chi connectivity index (χ3n) is 4.73. The molecule has 4 rings (SSSR count). The van der Waals surface area contributed by atoms with Gasteiger partial charge in [-0.1, -0.05) is 30.3 Å². The zero-order valence-corrected chi connectivity index (χ0v) is 16.6. The van der Waals surface area contributed by atoms with Crippen molar-refractivity contribution in [2.75, 3.05) is 20.3 Å². The molecule has 144 valence electrons. The van der Waals surface area contributed by atoms with Crippen LogP contribution < -0.4 is 10.4 Å².